The fourth-order valence-corrected chi connectivity index (χ4v) is 1.96. The van der Waals surface area contributed by atoms with Crippen molar-refractivity contribution in [1.82, 2.24) is 4.90 Å². The number of methoxy groups -OCH3 is 1. The van der Waals surface area contributed by atoms with Crippen molar-refractivity contribution >= 4 is 11.9 Å². The molecule has 0 heterocycles. The number of carbonyl (C=O) groups excluding carboxylic acids is 2. The smallest absolute Gasteiger partial charge is 0.223 e. The molecule has 0 aliphatic rings. The molecule has 0 unspecified atom stereocenters. The van der Waals surface area contributed by atoms with Gasteiger partial charge in [-0.2, -0.15) is 0 Å². The molecule has 1 rings (SSSR count). The lowest BCUT2D eigenvalue weighted by molar-refractivity contribution is -0.305. The lowest BCUT2D eigenvalue weighted by atomic mass is 10.0. The third kappa shape index (κ3) is 5.45. The maximum absolute atomic E-state index is 12.2. The molecular formula is C16H22NO4-. The lowest BCUT2D eigenvalue weighted by Crippen LogP contribution is -2.45. The van der Waals surface area contributed by atoms with Crippen LogP contribution in [-0.2, 0) is 16.1 Å². The fourth-order valence-electron chi connectivity index (χ4n) is 1.96. The first kappa shape index (κ1) is 17.0. The number of carboxylic acids is 1. The van der Waals surface area contributed by atoms with Gasteiger partial charge in [0.15, 0.2) is 0 Å². The summed E-state index contributed by atoms with van der Waals surface area (Å²) in [7, 11) is 1.60. The summed E-state index contributed by atoms with van der Waals surface area (Å²) in [4.78, 5) is 24.4. The van der Waals surface area contributed by atoms with E-state index in [0.29, 0.717) is 6.54 Å². The number of carboxylic acid groups (broad SMARTS) is 1. The van der Waals surface area contributed by atoms with Crippen molar-refractivity contribution in [2.45, 2.75) is 45.7 Å². The van der Waals surface area contributed by atoms with E-state index in [2.05, 4.69) is 0 Å². The predicted molar refractivity (Wildman–Crippen MR) is 77.5 cm³/mol. The molecule has 0 aromatic heterocycles. The number of nitrogens with zero attached hydrogens (tertiary/aromatic N) is 1. The van der Waals surface area contributed by atoms with Gasteiger partial charge in [0.1, 0.15) is 5.75 Å². The fraction of sp³-hybridized carbons (Fsp3) is 0.500. The van der Waals surface area contributed by atoms with Gasteiger partial charge in [0.2, 0.25) is 5.91 Å². The van der Waals surface area contributed by atoms with E-state index >= 15 is 0 Å². The lowest BCUT2D eigenvalue weighted by Gasteiger charge is -2.36. The Bertz CT molecular complexity index is 488. The first-order valence-electron chi connectivity index (χ1n) is 6.87. The van der Waals surface area contributed by atoms with E-state index in [0.717, 1.165) is 11.3 Å². The summed E-state index contributed by atoms with van der Waals surface area (Å²) in [6, 6.07) is 7.46. The normalized spacial score (nSPS) is 11.0. The number of benzene rings is 1. The molecule has 0 atom stereocenters. The van der Waals surface area contributed by atoms with E-state index < -0.39 is 5.97 Å². The number of ether oxygens (including phenoxy) is 1. The largest absolute Gasteiger partial charge is 0.550 e. The molecular weight excluding hydrogens is 270 g/mol. The summed E-state index contributed by atoms with van der Waals surface area (Å²) < 4.78 is 5.10. The van der Waals surface area contributed by atoms with Crippen LogP contribution in [0.3, 0.4) is 0 Å². The summed E-state index contributed by atoms with van der Waals surface area (Å²) in [5.74, 6) is -0.645. The zero-order valence-electron chi connectivity index (χ0n) is 13.0. The highest BCUT2D eigenvalue weighted by molar-refractivity contribution is 5.80. The van der Waals surface area contributed by atoms with Crippen LogP contribution < -0.4 is 9.84 Å². The van der Waals surface area contributed by atoms with Crippen LogP contribution in [0, 0.1) is 0 Å². The Labute approximate surface area is 125 Å². The molecule has 1 amide bonds. The third-order valence-electron chi connectivity index (χ3n) is 3.15. The summed E-state index contributed by atoms with van der Waals surface area (Å²) >= 11 is 0. The Morgan fingerprint density at radius 2 is 1.71 bits per heavy atom. The molecule has 1 aromatic rings. The van der Waals surface area contributed by atoms with E-state index in [1.54, 1.807) is 12.0 Å². The summed E-state index contributed by atoms with van der Waals surface area (Å²) in [5, 5.41) is 10.5. The van der Waals surface area contributed by atoms with E-state index in [9.17, 15) is 14.7 Å². The second-order valence-electron chi connectivity index (χ2n) is 5.87. The predicted octanol–water partition coefficient (Wildman–Crippen LogP) is 1.35. The van der Waals surface area contributed by atoms with E-state index in [1.807, 2.05) is 45.0 Å². The molecule has 1 aromatic carbocycles. The molecule has 0 fully saturated rings. The van der Waals surface area contributed by atoms with Crippen LogP contribution in [0.1, 0.15) is 39.2 Å². The minimum Gasteiger partial charge on any atom is -0.550 e. The van der Waals surface area contributed by atoms with Crippen molar-refractivity contribution < 1.29 is 19.4 Å². The van der Waals surface area contributed by atoms with Gasteiger partial charge in [0.25, 0.3) is 0 Å². The van der Waals surface area contributed by atoms with Crippen LogP contribution in [-0.4, -0.2) is 29.4 Å². The minimum absolute atomic E-state index is 0.0459. The quantitative estimate of drug-likeness (QED) is 0.793. The standard InChI is InChI=1S/C16H23NO4/c1-16(2,3)17(14(18)9-10-15(19)20)11-12-5-7-13(21-4)8-6-12/h5-8H,9-11H2,1-4H3,(H,19,20)/p-1. The molecule has 0 aliphatic carbocycles. The average Bonchev–Trinajstić information content (AvgIpc) is 2.41. The highest BCUT2D eigenvalue weighted by Gasteiger charge is 2.26. The minimum atomic E-state index is -1.21. The van der Waals surface area contributed by atoms with Crippen molar-refractivity contribution in [1.29, 1.82) is 0 Å². The monoisotopic (exact) mass is 292 g/mol. The Kier molecular flexibility index (Phi) is 5.76. The number of rotatable bonds is 6. The molecule has 0 saturated carbocycles. The highest BCUT2D eigenvalue weighted by atomic mass is 16.5. The topological polar surface area (TPSA) is 69.7 Å². The van der Waals surface area contributed by atoms with Gasteiger partial charge in [-0.15, -0.1) is 0 Å². The first-order chi connectivity index (χ1) is 9.74. The van der Waals surface area contributed by atoms with Gasteiger partial charge in [-0.1, -0.05) is 12.1 Å². The summed E-state index contributed by atoms with van der Waals surface area (Å²) in [5.41, 5.74) is 0.579. The van der Waals surface area contributed by atoms with Gasteiger partial charge in [-0.05, 0) is 44.9 Å². The Morgan fingerprint density at radius 1 is 1.14 bits per heavy atom. The average molecular weight is 292 g/mol. The van der Waals surface area contributed by atoms with Gasteiger partial charge in [-0.25, -0.2) is 0 Å². The van der Waals surface area contributed by atoms with Gasteiger partial charge >= 0.3 is 0 Å². The molecule has 21 heavy (non-hydrogen) atoms. The van der Waals surface area contributed by atoms with Gasteiger partial charge in [0.05, 0.1) is 7.11 Å². The molecule has 0 saturated heterocycles. The van der Waals surface area contributed by atoms with E-state index in [1.165, 1.54) is 0 Å². The SMILES string of the molecule is COc1ccc(CN(C(=O)CCC(=O)[O-])C(C)(C)C)cc1. The van der Waals surface area contributed by atoms with E-state index in [4.69, 9.17) is 4.74 Å². The Balaban J connectivity index is 2.82. The Hall–Kier alpha value is -2.04. The van der Waals surface area contributed by atoms with Crippen LogP contribution in [0.4, 0.5) is 0 Å². The maximum atomic E-state index is 12.2. The molecule has 0 spiro atoms. The molecule has 0 bridgehead atoms. The number of aliphatic carboxylic acids is 1. The maximum Gasteiger partial charge on any atom is 0.223 e. The molecule has 116 valence electrons. The summed E-state index contributed by atoms with van der Waals surface area (Å²) in [6.45, 7) is 6.20. The van der Waals surface area contributed by atoms with Crippen molar-refractivity contribution in [3.63, 3.8) is 0 Å². The molecule has 0 N–H and O–H groups in total. The van der Waals surface area contributed by atoms with Crippen LogP contribution in [0.5, 0.6) is 5.75 Å². The van der Waals surface area contributed by atoms with Crippen molar-refractivity contribution in [2.24, 2.45) is 0 Å². The number of amides is 1. The molecule has 0 aliphatic heterocycles. The van der Waals surface area contributed by atoms with Crippen molar-refractivity contribution in [2.75, 3.05) is 7.11 Å². The molecule has 5 nitrogen and oxygen atoms in total. The second-order valence-corrected chi connectivity index (χ2v) is 5.87. The van der Waals surface area contributed by atoms with Crippen LogP contribution in [0.25, 0.3) is 0 Å². The number of carbonyl (C=O) groups is 2. The zero-order chi connectivity index (χ0) is 16.0. The number of hydrogen-bond acceptors (Lipinski definition) is 4. The molecule has 5 heteroatoms. The third-order valence-corrected chi connectivity index (χ3v) is 3.15. The second kappa shape index (κ2) is 7.11. The van der Waals surface area contributed by atoms with Crippen LogP contribution in [0.2, 0.25) is 0 Å². The van der Waals surface area contributed by atoms with E-state index in [-0.39, 0.29) is 24.3 Å². The highest BCUT2D eigenvalue weighted by Crippen LogP contribution is 2.20. The van der Waals surface area contributed by atoms with Crippen LogP contribution >= 0.6 is 0 Å². The van der Waals surface area contributed by atoms with Gasteiger partial charge in [-0.3, -0.25) is 4.79 Å². The first-order valence-corrected chi connectivity index (χ1v) is 6.87. The van der Waals surface area contributed by atoms with Crippen molar-refractivity contribution in [3.05, 3.63) is 29.8 Å². The van der Waals surface area contributed by atoms with Crippen molar-refractivity contribution in [3.8, 4) is 5.75 Å². The molecule has 0 radical (unpaired) electrons. The van der Waals surface area contributed by atoms with Crippen LogP contribution in [0.15, 0.2) is 24.3 Å². The number of hydrogen-bond donors (Lipinski definition) is 0. The zero-order valence-corrected chi connectivity index (χ0v) is 13.0. The Morgan fingerprint density at radius 3 is 2.14 bits per heavy atom. The van der Waals surface area contributed by atoms with Gasteiger partial charge in [0, 0.05) is 24.5 Å². The van der Waals surface area contributed by atoms with Gasteiger partial charge < -0.3 is 19.5 Å². The summed E-state index contributed by atoms with van der Waals surface area (Å²) in [6.07, 6.45) is -0.302.